The molecule has 0 aliphatic carbocycles. The number of nitrogens with zero attached hydrogens (tertiary/aromatic N) is 2. The zero-order valence-electron chi connectivity index (χ0n) is 15.5. The first-order chi connectivity index (χ1) is 10.1. The second-order valence-electron chi connectivity index (χ2n) is 7.95. The molecule has 3 unspecified atom stereocenters. The smallest absolute Gasteiger partial charge is 0.410 e. The fraction of sp³-hybridized carbons (Fsp3) is 0.941. The number of likely N-dealkylation sites (tertiary alicyclic amines) is 1. The highest BCUT2D eigenvalue weighted by molar-refractivity contribution is 5.68. The molecule has 1 heterocycles. The summed E-state index contributed by atoms with van der Waals surface area (Å²) in [6, 6.07) is 0.849. The van der Waals surface area contributed by atoms with E-state index >= 15 is 0 Å². The molecule has 1 fully saturated rings. The second-order valence-corrected chi connectivity index (χ2v) is 7.95. The van der Waals surface area contributed by atoms with Gasteiger partial charge in [0.2, 0.25) is 0 Å². The van der Waals surface area contributed by atoms with Crippen LogP contribution in [0.15, 0.2) is 0 Å². The quantitative estimate of drug-likeness (QED) is 0.847. The molecule has 0 aromatic heterocycles. The van der Waals surface area contributed by atoms with Crippen LogP contribution in [-0.4, -0.2) is 67.3 Å². The third-order valence-corrected chi connectivity index (χ3v) is 4.00. The second kappa shape index (κ2) is 8.16. The van der Waals surface area contributed by atoms with Gasteiger partial charge < -0.3 is 19.9 Å². The van der Waals surface area contributed by atoms with Crippen molar-refractivity contribution in [3.63, 3.8) is 0 Å². The van der Waals surface area contributed by atoms with E-state index in [0.717, 1.165) is 26.1 Å². The van der Waals surface area contributed by atoms with E-state index in [1.807, 2.05) is 25.7 Å². The largest absolute Gasteiger partial charge is 0.444 e. The van der Waals surface area contributed by atoms with Gasteiger partial charge in [-0.05, 0) is 67.5 Å². The van der Waals surface area contributed by atoms with Crippen LogP contribution in [-0.2, 0) is 4.74 Å². The molecule has 0 radical (unpaired) electrons. The van der Waals surface area contributed by atoms with Gasteiger partial charge in [0, 0.05) is 31.7 Å². The van der Waals surface area contributed by atoms with Gasteiger partial charge in [0.15, 0.2) is 0 Å². The summed E-state index contributed by atoms with van der Waals surface area (Å²) in [5.74, 6) is 0.492. The van der Waals surface area contributed by atoms with Crippen LogP contribution in [0.1, 0.15) is 47.5 Å². The van der Waals surface area contributed by atoms with Crippen molar-refractivity contribution in [2.24, 2.45) is 5.92 Å². The van der Waals surface area contributed by atoms with Crippen LogP contribution >= 0.6 is 0 Å². The number of carbonyl (C=O) groups is 1. The summed E-state index contributed by atoms with van der Waals surface area (Å²) in [5.41, 5.74) is -0.423. The number of amides is 1. The van der Waals surface area contributed by atoms with Crippen LogP contribution in [0.25, 0.3) is 0 Å². The Bertz CT molecular complexity index is 352. The zero-order chi connectivity index (χ0) is 16.9. The standard InChI is InChI=1S/C17H35N3O2/c1-13(11-19(6)7)18-14(2)15-9-8-10-20(12-15)16(21)22-17(3,4)5/h13-15,18H,8-12H2,1-7H3. The van der Waals surface area contributed by atoms with E-state index in [0.29, 0.717) is 18.0 Å². The molecule has 0 spiro atoms. The van der Waals surface area contributed by atoms with E-state index in [9.17, 15) is 4.79 Å². The highest BCUT2D eigenvalue weighted by Crippen LogP contribution is 2.22. The maximum atomic E-state index is 12.2. The molecule has 130 valence electrons. The van der Waals surface area contributed by atoms with Gasteiger partial charge >= 0.3 is 6.09 Å². The Hall–Kier alpha value is -0.810. The molecule has 3 atom stereocenters. The molecule has 1 amide bonds. The van der Waals surface area contributed by atoms with Crippen molar-refractivity contribution in [3.05, 3.63) is 0 Å². The molecule has 22 heavy (non-hydrogen) atoms. The molecule has 1 rings (SSSR count). The van der Waals surface area contributed by atoms with E-state index in [2.05, 4.69) is 38.2 Å². The van der Waals surface area contributed by atoms with E-state index in [1.54, 1.807) is 0 Å². The number of ether oxygens (including phenoxy) is 1. The Balaban J connectivity index is 2.50. The average molecular weight is 313 g/mol. The predicted molar refractivity (Wildman–Crippen MR) is 91.1 cm³/mol. The van der Waals surface area contributed by atoms with Crippen molar-refractivity contribution in [3.8, 4) is 0 Å². The minimum atomic E-state index is -0.423. The molecule has 0 bridgehead atoms. The lowest BCUT2D eigenvalue weighted by Gasteiger charge is -2.37. The summed E-state index contributed by atoms with van der Waals surface area (Å²) in [6.07, 6.45) is 2.05. The van der Waals surface area contributed by atoms with Crippen LogP contribution in [0.4, 0.5) is 4.79 Å². The van der Waals surface area contributed by atoms with Gasteiger partial charge in [-0.3, -0.25) is 0 Å². The molecule has 0 aromatic rings. The van der Waals surface area contributed by atoms with Crippen molar-refractivity contribution in [1.82, 2.24) is 15.1 Å². The maximum absolute atomic E-state index is 12.2. The Morgan fingerprint density at radius 3 is 2.55 bits per heavy atom. The normalized spacial score (nSPS) is 22.5. The third-order valence-electron chi connectivity index (χ3n) is 4.00. The minimum absolute atomic E-state index is 0.175. The summed E-state index contributed by atoms with van der Waals surface area (Å²) in [7, 11) is 4.18. The van der Waals surface area contributed by atoms with Gasteiger partial charge in [0.05, 0.1) is 0 Å². The lowest BCUT2D eigenvalue weighted by molar-refractivity contribution is 0.0146. The van der Waals surface area contributed by atoms with Crippen LogP contribution in [0.3, 0.4) is 0 Å². The summed E-state index contributed by atoms with van der Waals surface area (Å²) >= 11 is 0. The lowest BCUT2D eigenvalue weighted by Crippen LogP contribution is -2.50. The number of piperidine rings is 1. The molecule has 0 saturated carbocycles. The van der Waals surface area contributed by atoms with Crippen molar-refractivity contribution < 1.29 is 9.53 Å². The van der Waals surface area contributed by atoms with Crippen LogP contribution in [0.5, 0.6) is 0 Å². The summed E-state index contributed by atoms with van der Waals surface area (Å²) in [6.45, 7) is 12.8. The van der Waals surface area contributed by atoms with Gasteiger partial charge in [0.25, 0.3) is 0 Å². The van der Waals surface area contributed by atoms with Gasteiger partial charge in [-0.2, -0.15) is 0 Å². The maximum Gasteiger partial charge on any atom is 0.410 e. The van der Waals surface area contributed by atoms with Crippen LogP contribution in [0.2, 0.25) is 0 Å². The number of likely N-dealkylation sites (N-methyl/N-ethyl adjacent to an activating group) is 1. The number of rotatable bonds is 5. The lowest BCUT2D eigenvalue weighted by atomic mass is 9.91. The van der Waals surface area contributed by atoms with Crippen molar-refractivity contribution in [2.75, 3.05) is 33.7 Å². The van der Waals surface area contributed by atoms with Crippen molar-refractivity contribution >= 4 is 6.09 Å². The first kappa shape index (κ1) is 19.2. The average Bonchev–Trinajstić information content (AvgIpc) is 2.35. The number of carbonyl (C=O) groups excluding carboxylic acids is 1. The molecular formula is C17H35N3O2. The van der Waals surface area contributed by atoms with E-state index < -0.39 is 5.60 Å². The molecule has 1 aliphatic rings. The fourth-order valence-electron chi connectivity index (χ4n) is 3.10. The molecule has 1 saturated heterocycles. The topological polar surface area (TPSA) is 44.8 Å². The highest BCUT2D eigenvalue weighted by Gasteiger charge is 2.30. The first-order valence-electron chi connectivity index (χ1n) is 8.47. The molecule has 0 aromatic carbocycles. The Labute approximate surface area is 136 Å². The molecule has 5 nitrogen and oxygen atoms in total. The molecule has 1 N–H and O–H groups in total. The van der Waals surface area contributed by atoms with E-state index in [-0.39, 0.29) is 6.09 Å². The highest BCUT2D eigenvalue weighted by atomic mass is 16.6. The van der Waals surface area contributed by atoms with E-state index in [1.165, 1.54) is 6.42 Å². The summed E-state index contributed by atoms with van der Waals surface area (Å²) in [5, 5.41) is 3.67. The number of hydrogen-bond acceptors (Lipinski definition) is 4. The number of nitrogens with one attached hydrogen (secondary N) is 1. The Morgan fingerprint density at radius 1 is 1.36 bits per heavy atom. The fourth-order valence-corrected chi connectivity index (χ4v) is 3.10. The van der Waals surface area contributed by atoms with Crippen LogP contribution < -0.4 is 5.32 Å². The summed E-state index contributed by atoms with van der Waals surface area (Å²) < 4.78 is 5.50. The minimum Gasteiger partial charge on any atom is -0.444 e. The van der Waals surface area contributed by atoms with E-state index in [4.69, 9.17) is 4.74 Å². The van der Waals surface area contributed by atoms with Gasteiger partial charge in [-0.15, -0.1) is 0 Å². The van der Waals surface area contributed by atoms with Crippen molar-refractivity contribution in [1.29, 1.82) is 0 Å². The monoisotopic (exact) mass is 313 g/mol. The zero-order valence-corrected chi connectivity index (χ0v) is 15.5. The van der Waals surface area contributed by atoms with Gasteiger partial charge in [-0.25, -0.2) is 4.79 Å². The predicted octanol–water partition coefficient (Wildman–Crippen LogP) is 2.56. The first-order valence-corrected chi connectivity index (χ1v) is 8.47. The van der Waals surface area contributed by atoms with Gasteiger partial charge in [-0.1, -0.05) is 0 Å². The Kier molecular flexibility index (Phi) is 7.13. The Morgan fingerprint density at radius 2 is 2.00 bits per heavy atom. The SMILES string of the molecule is CC(CN(C)C)NC(C)C1CCCN(C(=O)OC(C)(C)C)C1. The van der Waals surface area contributed by atoms with Crippen molar-refractivity contribution in [2.45, 2.75) is 65.1 Å². The summed E-state index contributed by atoms with van der Waals surface area (Å²) in [4.78, 5) is 16.3. The molecule has 5 heteroatoms. The number of hydrogen-bond donors (Lipinski definition) is 1. The van der Waals surface area contributed by atoms with Crippen LogP contribution in [0, 0.1) is 5.92 Å². The van der Waals surface area contributed by atoms with Gasteiger partial charge in [0.1, 0.15) is 5.60 Å². The molecule has 1 aliphatic heterocycles. The third kappa shape index (κ3) is 6.97. The molecular weight excluding hydrogens is 278 g/mol.